The van der Waals surface area contributed by atoms with Gasteiger partial charge in [-0.2, -0.15) is 5.10 Å². The number of rotatable bonds is 2. The monoisotopic (exact) mass is 141 g/mol. The highest BCUT2D eigenvalue weighted by molar-refractivity contribution is 5.87. The molecule has 0 heterocycles. The molecule has 10 heavy (non-hydrogen) atoms. The molecule has 0 N–H and O–H groups in total. The minimum Gasteiger partial charge on any atom is -0.301 e. The Bertz CT molecular complexity index is 136. The second kappa shape index (κ2) is 4.04. The summed E-state index contributed by atoms with van der Waals surface area (Å²) in [4.78, 5) is 3.79. The lowest BCUT2D eigenvalue weighted by Gasteiger charge is -2.08. The van der Waals surface area contributed by atoms with Gasteiger partial charge in [0.15, 0.2) is 0 Å². The molecule has 0 aromatic heterocycles. The summed E-state index contributed by atoms with van der Waals surface area (Å²) in [7, 11) is 3.74. The first-order chi connectivity index (χ1) is 4.57. The predicted octanol–water partition coefficient (Wildman–Crippen LogP) is 1.22. The van der Waals surface area contributed by atoms with Gasteiger partial charge >= 0.3 is 0 Å². The molecule has 0 fully saturated rings. The number of amidine groups is 1. The Morgan fingerprint density at radius 1 is 1.40 bits per heavy atom. The summed E-state index contributed by atoms with van der Waals surface area (Å²) in [6.07, 6.45) is 0. The van der Waals surface area contributed by atoms with Gasteiger partial charge in [0.1, 0.15) is 5.84 Å². The van der Waals surface area contributed by atoms with E-state index in [0.717, 1.165) is 5.84 Å². The zero-order chi connectivity index (χ0) is 8.15. The van der Waals surface area contributed by atoms with E-state index in [1.54, 1.807) is 5.01 Å². The van der Waals surface area contributed by atoms with Crippen LogP contribution < -0.4 is 0 Å². The first-order valence-corrected chi connectivity index (χ1v) is 3.30. The third-order valence-electron chi connectivity index (χ3n) is 0.981. The minimum absolute atomic E-state index is 0.347. The van der Waals surface area contributed by atoms with E-state index in [1.807, 2.05) is 27.9 Å². The summed E-state index contributed by atoms with van der Waals surface area (Å²) in [5, 5.41) is 5.84. The van der Waals surface area contributed by atoms with Crippen molar-refractivity contribution in [3.63, 3.8) is 0 Å². The van der Waals surface area contributed by atoms with Crippen molar-refractivity contribution in [3.05, 3.63) is 0 Å². The van der Waals surface area contributed by atoms with Crippen molar-refractivity contribution in [2.45, 2.75) is 13.8 Å². The van der Waals surface area contributed by atoms with E-state index in [9.17, 15) is 0 Å². The fraction of sp³-hybridized carbons (Fsp3) is 0.714. The molecule has 0 radical (unpaired) electrons. The van der Waals surface area contributed by atoms with Gasteiger partial charge in [-0.1, -0.05) is 13.8 Å². The predicted molar refractivity (Wildman–Crippen MR) is 45.5 cm³/mol. The molecule has 0 spiro atoms. The Hall–Kier alpha value is -0.860. The number of hydrogen-bond donors (Lipinski definition) is 0. The molecule has 0 saturated carbocycles. The zero-order valence-corrected chi connectivity index (χ0v) is 7.13. The average Bonchev–Trinajstić information content (AvgIpc) is 1.81. The van der Waals surface area contributed by atoms with Crippen molar-refractivity contribution in [1.82, 2.24) is 5.01 Å². The molecule has 0 aliphatic heterocycles. The molecular formula is C7H15N3. The summed E-state index contributed by atoms with van der Waals surface area (Å²) in [5.74, 6) is 1.13. The molecule has 58 valence electrons. The molecule has 0 aromatic rings. The highest BCUT2D eigenvalue weighted by atomic mass is 15.4. The zero-order valence-electron chi connectivity index (χ0n) is 7.13. The average molecular weight is 141 g/mol. The second-order valence-electron chi connectivity index (χ2n) is 2.62. The van der Waals surface area contributed by atoms with Crippen LogP contribution in [0.25, 0.3) is 0 Å². The molecule has 3 heteroatoms. The third-order valence-corrected chi connectivity index (χ3v) is 0.981. The maximum atomic E-state index is 4.12. The summed E-state index contributed by atoms with van der Waals surface area (Å²) >= 11 is 0. The van der Waals surface area contributed by atoms with E-state index in [1.165, 1.54) is 0 Å². The molecule has 0 aliphatic rings. The Balaban J connectivity index is 4.18. The van der Waals surface area contributed by atoms with Crippen LogP contribution >= 0.6 is 0 Å². The van der Waals surface area contributed by atoms with E-state index in [2.05, 4.69) is 16.8 Å². The van der Waals surface area contributed by atoms with Crippen LogP contribution in [-0.2, 0) is 0 Å². The van der Waals surface area contributed by atoms with Crippen LogP contribution in [0.3, 0.4) is 0 Å². The first-order valence-electron chi connectivity index (χ1n) is 3.30. The summed E-state index contributed by atoms with van der Waals surface area (Å²) in [6.45, 7) is 7.51. The van der Waals surface area contributed by atoms with Gasteiger partial charge in [-0.25, -0.2) is 4.99 Å². The Kier molecular flexibility index (Phi) is 3.69. The maximum absolute atomic E-state index is 4.12. The maximum Gasteiger partial charge on any atom is 0.150 e. The van der Waals surface area contributed by atoms with Crippen LogP contribution in [0.15, 0.2) is 10.1 Å². The van der Waals surface area contributed by atoms with Gasteiger partial charge in [0.2, 0.25) is 0 Å². The van der Waals surface area contributed by atoms with Crippen molar-refractivity contribution in [3.8, 4) is 0 Å². The third kappa shape index (κ3) is 3.22. The SMILES string of the molecule is C=NC(=NN(C)C)C(C)C. The van der Waals surface area contributed by atoms with Gasteiger partial charge in [-0.15, -0.1) is 0 Å². The Morgan fingerprint density at radius 2 is 1.90 bits per heavy atom. The lowest BCUT2D eigenvalue weighted by molar-refractivity contribution is 0.433. The van der Waals surface area contributed by atoms with Crippen LogP contribution in [0.4, 0.5) is 0 Å². The van der Waals surface area contributed by atoms with E-state index in [0.29, 0.717) is 5.92 Å². The summed E-state index contributed by atoms with van der Waals surface area (Å²) in [5.41, 5.74) is 0. The molecule has 0 aromatic carbocycles. The molecule has 0 unspecified atom stereocenters. The molecule has 0 rings (SSSR count). The van der Waals surface area contributed by atoms with Crippen molar-refractivity contribution < 1.29 is 0 Å². The lowest BCUT2D eigenvalue weighted by Crippen LogP contribution is -2.11. The first kappa shape index (κ1) is 9.14. The van der Waals surface area contributed by atoms with Crippen molar-refractivity contribution in [1.29, 1.82) is 0 Å². The van der Waals surface area contributed by atoms with Gasteiger partial charge in [0.25, 0.3) is 0 Å². The summed E-state index contributed by atoms with van der Waals surface area (Å²) in [6, 6.07) is 0. The van der Waals surface area contributed by atoms with Gasteiger partial charge in [0.05, 0.1) is 0 Å². The second-order valence-corrected chi connectivity index (χ2v) is 2.62. The van der Waals surface area contributed by atoms with E-state index >= 15 is 0 Å². The number of aliphatic imine (C=N–C) groups is 1. The van der Waals surface area contributed by atoms with Crippen LogP contribution in [0.1, 0.15) is 13.8 Å². The molecule has 0 aliphatic carbocycles. The standard InChI is InChI=1S/C7H15N3/c1-6(2)7(8-3)9-10(4)5/h6H,3H2,1-2,4-5H3. The van der Waals surface area contributed by atoms with Crippen molar-refractivity contribution in [2.24, 2.45) is 16.0 Å². The number of hydrogen-bond acceptors (Lipinski definition) is 2. The lowest BCUT2D eigenvalue weighted by atomic mass is 10.2. The van der Waals surface area contributed by atoms with Gasteiger partial charge < -0.3 is 5.01 Å². The molecule has 0 amide bonds. The van der Waals surface area contributed by atoms with E-state index in [-0.39, 0.29) is 0 Å². The normalized spacial score (nSPS) is 11.9. The topological polar surface area (TPSA) is 28.0 Å². The van der Waals surface area contributed by atoms with E-state index < -0.39 is 0 Å². The molecule has 0 bridgehead atoms. The Labute approximate surface area is 62.4 Å². The molecular weight excluding hydrogens is 126 g/mol. The van der Waals surface area contributed by atoms with Crippen molar-refractivity contribution in [2.75, 3.05) is 14.1 Å². The quantitative estimate of drug-likeness (QED) is 0.323. The minimum atomic E-state index is 0.347. The smallest absolute Gasteiger partial charge is 0.150 e. The summed E-state index contributed by atoms with van der Waals surface area (Å²) < 4.78 is 0. The van der Waals surface area contributed by atoms with Crippen LogP contribution in [-0.4, -0.2) is 31.7 Å². The molecule has 0 atom stereocenters. The Morgan fingerprint density at radius 3 is 2.00 bits per heavy atom. The van der Waals surface area contributed by atoms with Crippen molar-refractivity contribution >= 4 is 12.6 Å². The number of nitrogens with zero attached hydrogens (tertiary/aromatic N) is 3. The van der Waals surface area contributed by atoms with Gasteiger partial charge in [0, 0.05) is 20.0 Å². The largest absolute Gasteiger partial charge is 0.301 e. The van der Waals surface area contributed by atoms with E-state index in [4.69, 9.17) is 0 Å². The van der Waals surface area contributed by atoms with Gasteiger partial charge in [-0.3, -0.25) is 0 Å². The van der Waals surface area contributed by atoms with Crippen LogP contribution in [0, 0.1) is 5.92 Å². The fourth-order valence-corrected chi connectivity index (χ4v) is 0.535. The van der Waals surface area contributed by atoms with Gasteiger partial charge in [-0.05, 0) is 6.72 Å². The molecule has 0 saturated heterocycles. The fourth-order valence-electron chi connectivity index (χ4n) is 0.535. The highest BCUT2D eigenvalue weighted by Gasteiger charge is 2.00. The highest BCUT2D eigenvalue weighted by Crippen LogP contribution is 1.98. The van der Waals surface area contributed by atoms with Crippen LogP contribution in [0.5, 0.6) is 0 Å². The molecule has 3 nitrogen and oxygen atoms in total. The van der Waals surface area contributed by atoms with Crippen LogP contribution in [0.2, 0.25) is 0 Å². The number of hydrazone groups is 1.